The average molecular weight is 676 g/mol. The van der Waals surface area contributed by atoms with Crippen LogP contribution in [0.4, 0.5) is 0 Å². The van der Waals surface area contributed by atoms with Crippen molar-refractivity contribution in [3.8, 4) is 0 Å². The van der Waals surface area contributed by atoms with Crippen LogP contribution < -0.4 is 5.32 Å². The van der Waals surface area contributed by atoms with Crippen LogP contribution in [0.2, 0.25) is 0 Å². The lowest BCUT2D eigenvalue weighted by atomic mass is 9.82. The van der Waals surface area contributed by atoms with E-state index in [0.717, 1.165) is 70.3 Å². The van der Waals surface area contributed by atoms with Gasteiger partial charge in [0.2, 0.25) is 5.91 Å². The number of allylic oxidation sites excluding steroid dienone is 2. The number of hydrogen-bond donors (Lipinski definition) is 5. The van der Waals surface area contributed by atoms with E-state index in [1.807, 2.05) is 12.2 Å². The fourth-order valence-electron chi connectivity index (χ4n) is 6.28. The molecule has 5 N–H and O–H groups in total. The lowest BCUT2D eigenvalue weighted by Gasteiger charge is -2.30. The van der Waals surface area contributed by atoms with Gasteiger partial charge < -0.3 is 30.5 Å². The predicted molar refractivity (Wildman–Crippen MR) is 181 cm³/mol. The Morgan fingerprint density at radius 1 is 0.938 bits per heavy atom. The Balaban J connectivity index is 1.94. The van der Waals surface area contributed by atoms with Crippen molar-refractivity contribution in [2.24, 2.45) is 5.92 Å². The minimum atomic E-state index is -3.00. The summed E-state index contributed by atoms with van der Waals surface area (Å²) in [4.78, 5) is 61.2. The van der Waals surface area contributed by atoms with Crippen molar-refractivity contribution >= 4 is 29.6 Å². The van der Waals surface area contributed by atoms with Crippen molar-refractivity contribution in [1.82, 2.24) is 5.32 Å². The fraction of sp³-hybridized carbons (Fsp3) is 0.703. The normalized spacial score (nSPS) is 19.3. The maximum Gasteiger partial charge on any atom is 0.337 e. The van der Waals surface area contributed by atoms with Gasteiger partial charge in [0.15, 0.2) is 5.60 Å². The zero-order chi connectivity index (χ0) is 35.4. The van der Waals surface area contributed by atoms with Crippen molar-refractivity contribution in [3.05, 3.63) is 36.0 Å². The number of hydrogen-bond acceptors (Lipinski definition) is 7. The first-order valence-electron chi connectivity index (χ1n) is 17.9. The topological polar surface area (TPSA) is 188 Å². The van der Waals surface area contributed by atoms with Gasteiger partial charge in [-0.05, 0) is 50.5 Å². The minimum Gasteiger partial charge on any atom is -0.481 e. The van der Waals surface area contributed by atoms with Gasteiger partial charge in [-0.2, -0.15) is 0 Å². The van der Waals surface area contributed by atoms with Crippen molar-refractivity contribution in [3.63, 3.8) is 0 Å². The molecule has 0 aromatic carbocycles. The molecular weight excluding hydrogens is 618 g/mol. The number of carbonyl (C=O) groups excluding carboxylic acids is 2. The highest BCUT2D eigenvalue weighted by Crippen LogP contribution is 2.27. The number of unbranched alkanes of at least 4 members (excludes halogenated alkanes) is 8. The molecule has 0 heterocycles. The molecule has 1 saturated carbocycles. The first-order valence-corrected chi connectivity index (χ1v) is 17.9. The number of aliphatic hydroxyl groups is 1. The summed E-state index contributed by atoms with van der Waals surface area (Å²) in [6.07, 6.45) is 23.2. The van der Waals surface area contributed by atoms with Crippen LogP contribution in [-0.2, 0) is 28.7 Å². The number of amides is 1. The van der Waals surface area contributed by atoms with Gasteiger partial charge >= 0.3 is 17.9 Å². The summed E-state index contributed by atoms with van der Waals surface area (Å²) in [6, 6.07) is -1.44. The molecule has 0 saturated heterocycles. The van der Waals surface area contributed by atoms with E-state index in [0.29, 0.717) is 37.7 Å². The summed E-state index contributed by atoms with van der Waals surface area (Å²) in [5.41, 5.74) is -2.34. The Morgan fingerprint density at radius 2 is 1.58 bits per heavy atom. The van der Waals surface area contributed by atoms with Crippen LogP contribution in [0.25, 0.3) is 0 Å². The number of ether oxygens (including phenoxy) is 1. The van der Waals surface area contributed by atoms with Crippen molar-refractivity contribution in [2.45, 2.75) is 159 Å². The summed E-state index contributed by atoms with van der Waals surface area (Å²) in [7, 11) is 0. The molecule has 4 atom stereocenters. The zero-order valence-electron chi connectivity index (χ0n) is 28.6. The smallest absolute Gasteiger partial charge is 0.337 e. The van der Waals surface area contributed by atoms with E-state index in [2.05, 4.69) is 12.2 Å². The van der Waals surface area contributed by atoms with Gasteiger partial charge in [0.1, 0.15) is 11.8 Å². The monoisotopic (exact) mass is 675 g/mol. The van der Waals surface area contributed by atoms with E-state index in [1.165, 1.54) is 25.3 Å². The number of nitrogens with one attached hydrogen (secondary N) is 1. The van der Waals surface area contributed by atoms with E-state index in [9.17, 15) is 44.4 Å². The number of rotatable bonds is 25. The second kappa shape index (κ2) is 22.3. The molecule has 11 nitrogen and oxygen atoms in total. The molecule has 1 fully saturated rings. The van der Waals surface area contributed by atoms with E-state index in [1.54, 1.807) is 6.08 Å². The third kappa shape index (κ3) is 15.3. The Kier molecular flexibility index (Phi) is 19.0. The van der Waals surface area contributed by atoms with Gasteiger partial charge in [-0.25, -0.2) is 9.59 Å². The number of carboxylic acid groups (broad SMARTS) is 3. The molecule has 11 heteroatoms. The quantitative estimate of drug-likeness (QED) is 0.0544. The summed E-state index contributed by atoms with van der Waals surface area (Å²) in [6.45, 7) is 2.15. The maximum absolute atomic E-state index is 13.4. The third-order valence-electron chi connectivity index (χ3n) is 9.16. The molecule has 0 aliphatic heterocycles. The van der Waals surface area contributed by atoms with E-state index in [-0.39, 0.29) is 24.4 Å². The van der Waals surface area contributed by atoms with Gasteiger partial charge in [-0.1, -0.05) is 95.1 Å². The third-order valence-corrected chi connectivity index (χ3v) is 9.16. The summed E-state index contributed by atoms with van der Waals surface area (Å²) in [5.74, 6) is -7.57. The van der Waals surface area contributed by atoms with Gasteiger partial charge in [0, 0.05) is 19.3 Å². The minimum absolute atomic E-state index is 0.0874. The first kappa shape index (κ1) is 40.9. The van der Waals surface area contributed by atoms with E-state index < -0.39 is 47.8 Å². The van der Waals surface area contributed by atoms with Crippen molar-refractivity contribution in [2.75, 3.05) is 0 Å². The van der Waals surface area contributed by atoms with Crippen LogP contribution in [0.1, 0.15) is 135 Å². The Hall–Kier alpha value is -3.31. The second-order valence-electron chi connectivity index (χ2n) is 13.3. The van der Waals surface area contributed by atoms with Crippen molar-refractivity contribution in [1.29, 1.82) is 0 Å². The molecule has 0 spiro atoms. The van der Waals surface area contributed by atoms with Crippen LogP contribution in [0.3, 0.4) is 0 Å². The Morgan fingerprint density at radius 3 is 2.15 bits per heavy atom. The fourth-order valence-corrected chi connectivity index (χ4v) is 6.28. The molecule has 2 aliphatic rings. The zero-order valence-corrected chi connectivity index (χ0v) is 28.6. The molecule has 0 aromatic heterocycles. The average Bonchev–Trinajstić information content (AvgIpc) is 3.04. The standard InChI is InChI=1S/C37H57NO10/c1-2-3-4-7-11-16-28(39)17-12-8-5-6-9-15-20-31(37(47,36(45)46)26-33(40)41)34(42)38-32(35(43)44)25-27-21-23-30(24-22-27)48-29-18-13-10-14-19-29/h15,20-23,29-32,47H,2-14,16-19,24-26H2,1H3,(H,38,42)(H,40,41)(H,43,44)(H,45,46)/b20-15+/t30?,31-,32+,37+/m1/s1. The molecule has 1 unspecified atom stereocenters. The predicted octanol–water partition coefficient (Wildman–Crippen LogP) is 6.28. The number of Topliss-reactive ketones (excluding diaryl/α,β-unsaturated/α-hetero) is 1. The summed E-state index contributed by atoms with van der Waals surface area (Å²) >= 11 is 0. The van der Waals surface area contributed by atoms with Gasteiger partial charge in [0.25, 0.3) is 0 Å². The van der Waals surface area contributed by atoms with Crippen LogP contribution >= 0.6 is 0 Å². The molecule has 1 amide bonds. The molecule has 0 radical (unpaired) electrons. The molecule has 2 rings (SSSR count). The van der Waals surface area contributed by atoms with Crippen LogP contribution in [-0.4, -0.2) is 73.9 Å². The number of carboxylic acids is 3. The number of carbonyl (C=O) groups is 5. The lowest BCUT2D eigenvalue weighted by molar-refractivity contribution is -0.172. The van der Waals surface area contributed by atoms with E-state index >= 15 is 0 Å². The molecule has 270 valence electrons. The molecule has 2 aliphatic carbocycles. The van der Waals surface area contributed by atoms with Gasteiger partial charge in [-0.15, -0.1) is 0 Å². The highest BCUT2D eigenvalue weighted by atomic mass is 16.5. The molecule has 48 heavy (non-hydrogen) atoms. The van der Waals surface area contributed by atoms with Crippen LogP contribution in [0.15, 0.2) is 36.0 Å². The second-order valence-corrected chi connectivity index (χ2v) is 13.3. The van der Waals surface area contributed by atoms with Crippen LogP contribution in [0.5, 0.6) is 0 Å². The number of aliphatic carboxylic acids is 3. The highest BCUT2D eigenvalue weighted by Gasteiger charge is 2.49. The summed E-state index contributed by atoms with van der Waals surface area (Å²) < 4.78 is 6.16. The molecular formula is C37H57NO10. The Labute approximate surface area is 284 Å². The van der Waals surface area contributed by atoms with Gasteiger partial charge in [-0.3, -0.25) is 14.4 Å². The SMILES string of the molecule is CCCCCCCC(=O)CCCCCC/C=C/[C@H](C(=O)N[C@@H](CC1=CCC(OC2CCCCC2)C=C1)C(=O)O)[C@@](O)(CC(=O)O)C(=O)O. The van der Waals surface area contributed by atoms with Crippen molar-refractivity contribution < 1.29 is 49.1 Å². The summed E-state index contributed by atoms with van der Waals surface area (Å²) in [5, 5.41) is 42.3. The largest absolute Gasteiger partial charge is 0.481 e. The Bertz CT molecular complexity index is 1140. The van der Waals surface area contributed by atoms with Gasteiger partial charge in [0.05, 0.1) is 24.5 Å². The molecule has 0 bridgehead atoms. The first-order chi connectivity index (χ1) is 23.0. The van der Waals surface area contributed by atoms with Crippen LogP contribution in [0, 0.1) is 5.92 Å². The van der Waals surface area contributed by atoms with E-state index in [4.69, 9.17) is 4.74 Å². The maximum atomic E-state index is 13.4. The molecule has 0 aromatic rings. The number of ketones is 1. The lowest BCUT2D eigenvalue weighted by Crippen LogP contribution is -2.55. The highest BCUT2D eigenvalue weighted by molar-refractivity contribution is 5.94.